The maximum Gasteiger partial charge on any atom is 0.265 e. The number of aliphatic hydroxyl groups is 1. The fourth-order valence-electron chi connectivity index (χ4n) is 4.88. The maximum absolute atomic E-state index is 13.3. The van der Waals surface area contributed by atoms with Crippen LogP contribution in [0.25, 0.3) is 49.5 Å². The van der Waals surface area contributed by atoms with Gasteiger partial charge in [-0.25, -0.2) is 4.98 Å². The van der Waals surface area contributed by atoms with Crippen LogP contribution in [-0.2, 0) is 6.61 Å². The molecule has 0 spiro atoms. The fourth-order valence-corrected chi connectivity index (χ4v) is 4.88. The lowest BCUT2D eigenvalue weighted by Crippen LogP contribution is -2.19. The van der Waals surface area contributed by atoms with Gasteiger partial charge in [0.05, 0.1) is 40.0 Å². The summed E-state index contributed by atoms with van der Waals surface area (Å²) in [6, 6.07) is 18.3. The molecular formula is C28H21N5O3. The SMILES string of the molecule is Cc1c(-c2ccc(C(N)=O)c3[nH]c4cc(CO)ncc4c23)cccc1-n1cnc2ccccc2c1=O. The van der Waals surface area contributed by atoms with Crippen LogP contribution in [0.3, 0.4) is 0 Å². The summed E-state index contributed by atoms with van der Waals surface area (Å²) < 4.78 is 1.56. The van der Waals surface area contributed by atoms with Gasteiger partial charge in [-0.1, -0.05) is 30.3 Å². The number of pyridine rings is 1. The molecule has 8 heteroatoms. The molecule has 1 amide bonds. The molecule has 0 aliphatic carbocycles. The van der Waals surface area contributed by atoms with Gasteiger partial charge in [0.15, 0.2) is 0 Å². The first-order chi connectivity index (χ1) is 17.5. The number of carbonyl (C=O) groups excluding carboxylic acids is 1. The third-order valence-electron chi connectivity index (χ3n) is 6.64. The Bertz CT molecular complexity index is 1900. The second-order valence-corrected chi connectivity index (χ2v) is 8.67. The van der Waals surface area contributed by atoms with Crippen LogP contribution in [0.5, 0.6) is 0 Å². The van der Waals surface area contributed by atoms with Crippen molar-refractivity contribution >= 4 is 38.6 Å². The number of H-pyrrole nitrogens is 1. The second-order valence-electron chi connectivity index (χ2n) is 8.67. The number of fused-ring (bicyclic) bond motifs is 4. The molecule has 0 fully saturated rings. The highest BCUT2D eigenvalue weighted by atomic mass is 16.3. The minimum absolute atomic E-state index is 0.150. The summed E-state index contributed by atoms with van der Waals surface area (Å²) in [5, 5.41) is 11.7. The van der Waals surface area contributed by atoms with Gasteiger partial charge >= 0.3 is 0 Å². The van der Waals surface area contributed by atoms with Gasteiger partial charge in [0.1, 0.15) is 6.33 Å². The third-order valence-corrected chi connectivity index (χ3v) is 6.64. The molecule has 0 saturated carbocycles. The molecule has 6 aromatic rings. The summed E-state index contributed by atoms with van der Waals surface area (Å²) in [6.45, 7) is 1.76. The van der Waals surface area contributed by atoms with Crippen molar-refractivity contribution < 1.29 is 9.90 Å². The standard InChI is InChI=1S/C28H21N5O3/c1-15-17(6-4-8-24(15)33-14-31-22-7-3-2-5-19(22)28(33)36)18-9-10-20(27(29)35)26-25(18)21-12-30-16(13-34)11-23(21)32-26/h2-12,14,32,34H,13H2,1H3,(H2,29,35). The smallest absolute Gasteiger partial charge is 0.265 e. The molecule has 0 unspecified atom stereocenters. The Hall–Kier alpha value is -4.82. The third kappa shape index (κ3) is 3.19. The van der Waals surface area contributed by atoms with E-state index in [9.17, 15) is 14.7 Å². The lowest BCUT2D eigenvalue weighted by Gasteiger charge is -2.15. The molecule has 6 rings (SSSR count). The van der Waals surface area contributed by atoms with Crippen LogP contribution >= 0.6 is 0 Å². The van der Waals surface area contributed by atoms with Gasteiger partial charge in [-0.15, -0.1) is 0 Å². The number of amides is 1. The highest BCUT2D eigenvalue weighted by molar-refractivity contribution is 6.19. The first kappa shape index (κ1) is 21.7. The number of rotatable bonds is 4. The van der Waals surface area contributed by atoms with Crippen molar-refractivity contribution in [3.8, 4) is 16.8 Å². The van der Waals surface area contributed by atoms with E-state index < -0.39 is 5.91 Å². The zero-order chi connectivity index (χ0) is 25.0. The number of para-hydroxylation sites is 1. The van der Waals surface area contributed by atoms with Crippen molar-refractivity contribution in [3.05, 3.63) is 100 Å². The molecule has 8 nitrogen and oxygen atoms in total. The number of nitrogens with one attached hydrogen (secondary N) is 1. The van der Waals surface area contributed by atoms with E-state index in [2.05, 4.69) is 15.0 Å². The molecule has 0 atom stereocenters. The van der Waals surface area contributed by atoms with Crippen LogP contribution in [0.4, 0.5) is 0 Å². The summed E-state index contributed by atoms with van der Waals surface area (Å²) in [5.74, 6) is -0.548. The highest BCUT2D eigenvalue weighted by Crippen LogP contribution is 2.38. The molecule has 0 radical (unpaired) electrons. The first-order valence-corrected chi connectivity index (χ1v) is 11.4. The molecule has 0 bridgehead atoms. The monoisotopic (exact) mass is 475 g/mol. The van der Waals surface area contributed by atoms with Crippen molar-refractivity contribution in [2.45, 2.75) is 13.5 Å². The number of hydrogen-bond acceptors (Lipinski definition) is 5. The van der Waals surface area contributed by atoms with Crippen molar-refractivity contribution in [2.75, 3.05) is 0 Å². The Morgan fingerprint density at radius 3 is 2.67 bits per heavy atom. The van der Waals surface area contributed by atoms with E-state index in [1.165, 1.54) is 0 Å². The molecule has 0 aliphatic heterocycles. The van der Waals surface area contributed by atoms with Crippen LogP contribution in [-0.4, -0.2) is 30.5 Å². The minimum atomic E-state index is -0.548. The van der Waals surface area contributed by atoms with Gasteiger partial charge < -0.3 is 15.8 Å². The Balaban J connectivity index is 1.64. The number of aromatic nitrogens is 4. The van der Waals surface area contributed by atoms with Gasteiger partial charge in [0, 0.05) is 22.5 Å². The van der Waals surface area contributed by atoms with Crippen molar-refractivity contribution in [1.29, 1.82) is 0 Å². The highest BCUT2D eigenvalue weighted by Gasteiger charge is 2.19. The van der Waals surface area contributed by atoms with Crippen molar-refractivity contribution in [1.82, 2.24) is 19.5 Å². The molecule has 3 aromatic heterocycles. The number of nitrogens with two attached hydrogens (primary N) is 1. The number of aromatic amines is 1. The average molecular weight is 476 g/mol. The van der Waals surface area contributed by atoms with E-state index >= 15 is 0 Å². The summed E-state index contributed by atoms with van der Waals surface area (Å²) in [4.78, 5) is 37.6. The fraction of sp³-hybridized carbons (Fsp3) is 0.0714. The molecule has 0 saturated heterocycles. The number of hydrogen-bond donors (Lipinski definition) is 3. The maximum atomic E-state index is 13.3. The topological polar surface area (TPSA) is 127 Å². The number of nitrogens with zero attached hydrogens (tertiary/aromatic N) is 3. The van der Waals surface area contributed by atoms with E-state index in [1.54, 1.807) is 35.3 Å². The predicted octanol–water partition coefficient (Wildman–Crippen LogP) is 3.98. The van der Waals surface area contributed by atoms with Gasteiger partial charge in [-0.05, 0) is 53.9 Å². The van der Waals surface area contributed by atoms with E-state index in [0.717, 1.165) is 33.0 Å². The largest absolute Gasteiger partial charge is 0.390 e. The number of benzene rings is 3. The van der Waals surface area contributed by atoms with Crippen LogP contribution in [0.15, 0.2) is 78.0 Å². The zero-order valence-corrected chi connectivity index (χ0v) is 19.3. The predicted molar refractivity (Wildman–Crippen MR) is 139 cm³/mol. The van der Waals surface area contributed by atoms with Gasteiger partial charge in [0.25, 0.3) is 11.5 Å². The van der Waals surface area contributed by atoms with Crippen molar-refractivity contribution in [3.63, 3.8) is 0 Å². The summed E-state index contributed by atoms with van der Waals surface area (Å²) in [5.41, 5.74) is 11.7. The lowest BCUT2D eigenvalue weighted by molar-refractivity contribution is 0.100. The summed E-state index contributed by atoms with van der Waals surface area (Å²) in [7, 11) is 0. The summed E-state index contributed by atoms with van der Waals surface area (Å²) in [6.07, 6.45) is 3.24. The van der Waals surface area contributed by atoms with Gasteiger partial charge in [0.2, 0.25) is 0 Å². The minimum Gasteiger partial charge on any atom is -0.390 e. The van der Waals surface area contributed by atoms with Crippen LogP contribution in [0.1, 0.15) is 21.6 Å². The quantitative estimate of drug-likeness (QED) is 0.355. The molecule has 0 aliphatic rings. The zero-order valence-electron chi connectivity index (χ0n) is 19.3. The first-order valence-electron chi connectivity index (χ1n) is 11.4. The molecule has 36 heavy (non-hydrogen) atoms. The van der Waals surface area contributed by atoms with E-state index in [-0.39, 0.29) is 12.2 Å². The Morgan fingerprint density at radius 1 is 1.03 bits per heavy atom. The molecular weight excluding hydrogens is 454 g/mol. The summed E-state index contributed by atoms with van der Waals surface area (Å²) >= 11 is 0. The van der Waals surface area contributed by atoms with Crippen LogP contribution in [0.2, 0.25) is 0 Å². The second kappa shape index (κ2) is 8.14. The molecule has 3 heterocycles. The lowest BCUT2D eigenvalue weighted by atomic mass is 9.93. The van der Waals surface area contributed by atoms with E-state index in [4.69, 9.17) is 5.73 Å². The number of carbonyl (C=O) groups is 1. The Kier molecular flexibility index (Phi) is 4.91. The van der Waals surface area contributed by atoms with E-state index in [1.807, 2.05) is 49.4 Å². The molecule has 4 N–H and O–H groups in total. The Labute approximate surface area is 204 Å². The Morgan fingerprint density at radius 2 is 1.86 bits per heavy atom. The number of aliphatic hydroxyl groups excluding tert-OH is 1. The van der Waals surface area contributed by atoms with E-state index in [0.29, 0.717) is 33.4 Å². The average Bonchev–Trinajstić information content (AvgIpc) is 3.28. The van der Waals surface area contributed by atoms with Crippen molar-refractivity contribution in [2.24, 2.45) is 5.73 Å². The number of primary amides is 1. The molecule has 176 valence electrons. The van der Waals surface area contributed by atoms with Crippen LogP contribution < -0.4 is 11.3 Å². The van der Waals surface area contributed by atoms with Gasteiger partial charge in [-0.2, -0.15) is 0 Å². The van der Waals surface area contributed by atoms with Gasteiger partial charge in [-0.3, -0.25) is 19.1 Å². The normalized spacial score (nSPS) is 11.5. The van der Waals surface area contributed by atoms with Crippen LogP contribution in [0, 0.1) is 6.92 Å². The molecule has 3 aromatic carbocycles.